The number of likely N-dealkylation sites (tertiary alicyclic amines) is 2. The van der Waals surface area contributed by atoms with Crippen LogP contribution >= 0.6 is 0 Å². The third-order valence-corrected chi connectivity index (χ3v) is 10.6. The van der Waals surface area contributed by atoms with Gasteiger partial charge in [-0.15, -0.1) is 0 Å². The molecule has 2 aliphatic rings. The normalized spacial score (nSPS) is 17.5. The fraction of sp³-hybridized carbons (Fsp3) is 0.317. The topological polar surface area (TPSA) is 114 Å². The number of nitrogens with one attached hydrogen (secondary N) is 1. The molecule has 1 unspecified atom stereocenters. The number of aromatic nitrogens is 3. The number of β-amino-alcohol motifs (C(OH)–C–C–N with tert-alkyl or cyclic N) is 1. The van der Waals surface area contributed by atoms with Crippen LogP contribution < -0.4 is 5.32 Å². The number of nitrogens with zero attached hydrogens (tertiary/aromatic N) is 6. The van der Waals surface area contributed by atoms with E-state index in [0.29, 0.717) is 34.9 Å². The van der Waals surface area contributed by atoms with Crippen molar-refractivity contribution in [3.63, 3.8) is 0 Å². The molecule has 0 amide bonds. The first kappa shape index (κ1) is 32.1. The van der Waals surface area contributed by atoms with E-state index >= 15 is 0 Å². The molecular weight excluding hydrogens is 622 g/mol. The summed E-state index contributed by atoms with van der Waals surface area (Å²) in [6.07, 6.45) is 6.75. The fourth-order valence-corrected chi connectivity index (χ4v) is 7.66. The van der Waals surface area contributed by atoms with Gasteiger partial charge >= 0.3 is 0 Å². The zero-order chi connectivity index (χ0) is 34.4. The van der Waals surface area contributed by atoms with Gasteiger partial charge in [-0.2, -0.15) is 5.26 Å². The number of benzene rings is 3. The van der Waals surface area contributed by atoms with Crippen LogP contribution in [0, 0.1) is 25.2 Å². The molecule has 5 heterocycles. The lowest BCUT2D eigenvalue weighted by Gasteiger charge is -2.24. The van der Waals surface area contributed by atoms with Crippen molar-refractivity contribution in [2.45, 2.75) is 58.7 Å². The molecule has 2 atom stereocenters. The van der Waals surface area contributed by atoms with Gasteiger partial charge in [0.2, 0.25) is 5.89 Å². The molecule has 9 nitrogen and oxygen atoms in total. The Labute approximate surface area is 292 Å². The predicted molar refractivity (Wildman–Crippen MR) is 197 cm³/mol. The van der Waals surface area contributed by atoms with Crippen molar-refractivity contribution in [2.24, 2.45) is 0 Å². The Morgan fingerprint density at radius 1 is 0.980 bits per heavy atom. The highest BCUT2D eigenvalue weighted by Crippen LogP contribution is 2.38. The van der Waals surface area contributed by atoms with Gasteiger partial charge < -0.3 is 14.8 Å². The lowest BCUT2D eigenvalue weighted by molar-refractivity contribution is 0.163. The van der Waals surface area contributed by atoms with E-state index in [2.05, 4.69) is 83.3 Å². The summed E-state index contributed by atoms with van der Waals surface area (Å²) in [5, 5.41) is 24.6. The third-order valence-electron chi connectivity index (χ3n) is 10.6. The van der Waals surface area contributed by atoms with Crippen LogP contribution in [-0.2, 0) is 6.54 Å². The van der Waals surface area contributed by atoms with Crippen molar-refractivity contribution in [3.8, 4) is 28.7 Å². The number of hydrogen-bond acceptors (Lipinski definition) is 9. The minimum Gasteiger partial charge on any atom is -0.435 e. The highest BCUT2D eigenvalue weighted by atomic mass is 16.3. The Bertz CT molecular complexity index is 2270. The van der Waals surface area contributed by atoms with Gasteiger partial charge in [0.25, 0.3) is 0 Å². The van der Waals surface area contributed by atoms with Crippen molar-refractivity contribution in [1.29, 1.82) is 5.26 Å². The maximum Gasteiger partial charge on any atom is 0.227 e. The first-order chi connectivity index (χ1) is 24.4. The van der Waals surface area contributed by atoms with Crippen LogP contribution in [0.2, 0.25) is 0 Å². The van der Waals surface area contributed by atoms with E-state index in [1.165, 1.54) is 12.8 Å². The number of rotatable bonds is 8. The molecule has 3 aromatic heterocycles. The van der Waals surface area contributed by atoms with Crippen LogP contribution in [0.4, 0.5) is 11.5 Å². The molecule has 0 spiro atoms. The summed E-state index contributed by atoms with van der Waals surface area (Å²) >= 11 is 0. The molecule has 0 saturated carbocycles. The molecule has 2 aliphatic heterocycles. The van der Waals surface area contributed by atoms with Crippen LogP contribution in [0.15, 0.2) is 77.5 Å². The van der Waals surface area contributed by atoms with Gasteiger partial charge in [-0.3, -0.25) is 14.8 Å². The summed E-state index contributed by atoms with van der Waals surface area (Å²) in [4.78, 5) is 19.2. The van der Waals surface area contributed by atoms with E-state index in [0.717, 1.165) is 88.1 Å². The highest BCUT2D eigenvalue weighted by Gasteiger charge is 2.26. The molecule has 6 aromatic rings. The minimum atomic E-state index is -0.256. The second-order valence-corrected chi connectivity index (χ2v) is 13.8. The summed E-state index contributed by atoms with van der Waals surface area (Å²) in [6, 6.07) is 23.2. The standard InChI is InChI=1S/C41H41N7O2/c1-25-33(8-6-10-35(25)41-46-37-19-28(23-47-15-4-5-16-47)18-30(21-42)39(37)50-41)34-9-7-11-36(26(34)2)45-40-38-29(12-14-43-40)20-31(22-44-38)27(3)48-17-13-32(49)24-48/h6-12,14,18-20,22,27,32,49H,4-5,13,15-17,23-24H2,1-3H3,(H,43,45)/t27?,32-/m1/s1. The van der Waals surface area contributed by atoms with Gasteiger partial charge in [-0.1, -0.05) is 24.3 Å². The SMILES string of the molecule is Cc1c(Nc2nccc3cc(C(C)N4CC[C@@H](O)C4)cnc23)cccc1-c1cccc(-c2nc3cc(CN4CCCC4)cc(C#N)c3o2)c1C. The summed E-state index contributed by atoms with van der Waals surface area (Å²) in [6.45, 7) is 11.0. The van der Waals surface area contributed by atoms with Crippen molar-refractivity contribution in [3.05, 3.63) is 101 Å². The quantitative estimate of drug-likeness (QED) is 0.167. The Hall–Kier alpha value is -5.14. The zero-order valence-electron chi connectivity index (χ0n) is 28.8. The van der Waals surface area contributed by atoms with Crippen molar-refractivity contribution in [1.82, 2.24) is 24.8 Å². The molecular formula is C41H41N7O2. The first-order valence-electron chi connectivity index (χ1n) is 17.6. The Balaban J connectivity index is 1.09. The van der Waals surface area contributed by atoms with Crippen LogP contribution in [-0.4, -0.2) is 62.1 Å². The van der Waals surface area contributed by atoms with Gasteiger partial charge in [0.1, 0.15) is 17.1 Å². The third kappa shape index (κ3) is 6.00. The number of aliphatic hydroxyl groups is 1. The molecule has 9 heteroatoms. The Morgan fingerprint density at radius 2 is 1.76 bits per heavy atom. The first-order valence-corrected chi connectivity index (χ1v) is 17.6. The fourth-order valence-electron chi connectivity index (χ4n) is 7.66. The molecule has 0 radical (unpaired) electrons. The number of aliphatic hydroxyl groups excluding tert-OH is 1. The maximum atomic E-state index is 10.0. The monoisotopic (exact) mass is 663 g/mol. The summed E-state index contributed by atoms with van der Waals surface area (Å²) in [5.74, 6) is 1.22. The summed E-state index contributed by atoms with van der Waals surface area (Å²) in [7, 11) is 0. The largest absolute Gasteiger partial charge is 0.435 e. The lowest BCUT2D eigenvalue weighted by Crippen LogP contribution is -2.25. The molecule has 0 bridgehead atoms. The Kier molecular flexibility index (Phi) is 8.53. The van der Waals surface area contributed by atoms with Crippen LogP contribution in [0.25, 0.3) is 44.6 Å². The van der Waals surface area contributed by atoms with E-state index in [4.69, 9.17) is 14.4 Å². The van der Waals surface area contributed by atoms with Gasteiger partial charge in [0.05, 0.1) is 11.7 Å². The number of anilines is 2. The second kappa shape index (κ2) is 13.3. The van der Waals surface area contributed by atoms with Gasteiger partial charge in [0.15, 0.2) is 11.4 Å². The number of hydrogen-bond donors (Lipinski definition) is 2. The van der Waals surface area contributed by atoms with Crippen molar-refractivity contribution < 1.29 is 9.52 Å². The summed E-state index contributed by atoms with van der Waals surface area (Å²) < 4.78 is 6.31. The number of fused-ring (bicyclic) bond motifs is 2. The Morgan fingerprint density at radius 3 is 2.54 bits per heavy atom. The molecule has 3 aromatic carbocycles. The predicted octanol–water partition coefficient (Wildman–Crippen LogP) is 8.06. The van der Waals surface area contributed by atoms with Crippen molar-refractivity contribution in [2.75, 3.05) is 31.5 Å². The van der Waals surface area contributed by atoms with Crippen LogP contribution in [0.1, 0.15) is 60.0 Å². The molecule has 252 valence electrons. The van der Waals surface area contributed by atoms with E-state index in [9.17, 15) is 10.4 Å². The average Bonchev–Trinajstić information content (AvgIpc) is 3.90. The summed E-state index contributed by atoms with van der Waals surface area (Å²) in [5.41, 5.74) is 10.9. The average molecular weight is 664 g/mol. The molecule has 50 heavy (non-hydrogen) atoms. The zero-order valence-corrected chi connectivity index (χ0v) is 28.8. The highest BCUT2D eigenvalue weighted by molar-refractivity contribution is 5.91. The number of nitriles is 1. The van der Waals surface area contributed by atoms with E-state index in [1.54, 1.807) is 0 Å². The van der Waals surface area contributed by atoms with Gasteiger partial charge in [-0.25, -0.2) is 9.97 Å². The molecule has 2 N–H and O–H groups in total. The molecule has 2 saturated heterocycles. The second-order valence-electron chi connectivity index (χ2n) is 13.8. The van der Waals surface area contributed by atoms with E-state index < -0.39 is 0 Å². The van der Waals surface area contributed by atoms with E-state index in [-0.39, 0.29) is 12.1 Å². The molecule has 8 rings (SSSR count). The van der Waals surface area contributed by atoms with Gasteiger partial charge in [-0.05, 0) is 123 Å². The molecule has 0 aliphatic carbocycles. The number of oxazole rings is 1. The maximum absolute atomic E-state index is 10.0. The van der Waals surface area contributed by atoms with Crippen LogP contribution in [0.5, 0.6) is 0 Å². The molecule has 2 fully saturated rings. The van der Waals surface area contributed by atoms with Crippen molar-refractivity contribution >= 4 is 33.5 Å². The lowest BCUT2D eigenvalue weighted by atomic mass is 9.93. The number of pyridine rings is 2. The van der Waals surface area contributed by atoms with Gasteiger partial charge in [0, 0.05) is 54.7 Å². The van der Waals surface area contributed by atoms with E-state index in [1.807, 2.05) is 36.7 Å². The van der Waals surface area contributed by atoms with Crippen LogP contribution in [0.3, 0.4) is 0 Å². The minimum absolute atomic E-state index is 0.173. The smallest absolute Gasteiger partial charge is 0.227 e.